The van der Waals surface area contributed by atoms with E-state index in [2.05, 4.69) is 38.0 Å². The van der Waals surface area contributed by atoms with Gasteiger partial charge in [-0.3, -0.25) is 9.78 Å². The van der Waals surface area contributed by atoms with Gasteiger partial charge in [-0.25, -0.2) is 0 Å². The number of Topliss-reactive ketones (excluding diaryl/α,β-unsaturated/α-hetero) is 1. The van der Waals surface area contributed by atoms with E-state index in [0.717, 1.165) is 29.7 Å². The van der Waals surface area contributed by atoms with Gasteiger partial charge in [-0.15, -0.1) is 0 Å². The summed E-state index contributed by atoms with van der Waals surface area (Å²) in [5, 5.41) is 3.68. The van der Waals surface area contributed by atoms with E-state index in [-0.39, 0.29) is 16.9 Å². The molecule has 0 aliphatic carbocycles. The smallest absolute Gasteiger partial charge is 0.163 e. The van der Waals surface area contributed by atoms with Crippen LogP contribution in [-0.2, 0) is 6.61 Å². The Hall–Kier alpha value is -2.20. The number of benzene rings is 1. The Bertz CT molecular complexity index is 751. The highest BCUT2D eigenvalue weighted by atomic mass is 16.5. The molecule has 1 aliphatic rings. The first-order chi connectivity index (χ1) is 12.7. The fourth-order valence-electron chi connectivity index (χ4n) is 4.45. The lowest BCUT2D eigenvalue weighted by Crippen LogP contribution is -2.57. The van der Waals surface area contributed by atoms with E-state index in [0.29, 0.717) is 18.9 Å². The van der Waals surface area contributed by atoms with Crippen molar-refractivity contribution in [2.24, 2.45) is 5.92 Å². The molecule has 1 aliphatic heterocycles. The second-order valence-electron chi connectivity index (χ2n) is 8.96. The number of hydrogen-bond acceptors (Lipinski definition) is 4. The second-order valence-corrected chi connectivity index (χ2v) is 8.96. The Morgan fingerprint density at radius 3 is 2.22 bits per heavy atom. The molecule has 0 bridgehead atoms. The number of ketones is 1. The van der Waals surface area contributed by atoms with Crippen molar-refractivity contribution in [2.75, 3.05) is 0 Å². The number of pyridine rings is 1. The van der Waals surface area contributed by atoms with Crippen molar-refractivity contribution < 1.29 is 9.53 Å². The number of piperidine rings is 1. The van der Waals surface area contributed by atoms with Crippen LogP contribution < -0.4 is 10.1 Å². The third-order valence-corrected chi connectivity index (χ3v) is 5.08. The fourth-order valence-corrected chi connectivity index (χ4v) is 4.45. The molecule has 0 saturated carbocycles. The number of ether oxygens (including phenoxy) is 1. The summed E-state index contributed by atoms with van der Waals surface area (Å²) in [5.74, 6) is 1.44. The molecule has 3 rings (SSSR count). The molecule has 0 unspecified atom stereocenters. The summed E-state index contributed by atoms with van der Waals surface area (Å²) in [6, 6.07) is 11.5. The molecule has 4 heteroatoms. The van der Waals surface area contributed by atoms with E-state index in [1.165, 1.54) is 0 Å². The Morgan fingerprint density at radius 1 is 1.04 bits per heavy atom. The third-order valence-electron chi connectivity index (χ3n) is 5.08. The van der Waals surface area contributed by atoms with Crippen LogP contribution in [0.25, 0.3) is 0 Å². The summed E-state index contributed by atoms with van der Waals surface area (Å²) in [4.78, 5) is 16.7. The van der Waals surface area contributed by atoms with Gasteiger partial charge in [-0.05, 0) is 64.2 Å². The number of hydrogen-bond donors (Lipinski definition) is 1. The van der Waals surface area contributed by atoms with Gasteiger partial charge in [0.05, 0.1) is 0 Å². The van der Waals surface area contributed by atoms with Gasteiger partial charge >= 0.3 is 0 Å². The number of nitrogens with zero attached hydrogens (tertiary/aromatic N) is 1. The monoisotopic (exact) mass is 366 g/mol. The van der Waals surface area contributed by atoms with Crippen molar-refractivity contribution in [3.63, 3.8) is 0 Å². The Balaban J connectivity index is 1.57. The van der Waals surface area contributed by atoms with Crippen LogP contribution in [0, 0.1) is 5.92 Å². The molecule has 0 amide bonds. The van der Waals surface area contributed by atoms with Crippen LogP contribution in [0.1, 0.15) is 62.9 Å². The van der Waals surface area contributed by atoms with E-state index in [1.807, 2.05) is 36.4 Å². The number of carbonyl (C=O) groups is 1. The lowest BCUT2D eigenvalue weighted by Gasteiger charge is -2.46. The highest BCUT2D eigenvalue weighted by Gasteiger charge is 2.38. The highest BCUT2D eigenvalue weighted by Crippen LogP contribution is 2.35. The summed E-state index contributed by atoms with van der Waals surface area (Å²) < 4.78 is 5.73. The van der Waals surface area contributed by atoms with Gasteiger partial charge in [0.2, 0.25) is 0 Å². The second kappa shape index (κ2) is 7.81. The van der Waals surface area contributed by atoms with Gasteiger partial charge in [-0.1, -0.05) is 24.3 Å². The predicted octanol–water partition coefficient (Wildman–Crippen LogP) is 4.79. The molecule has 144 valence electrons. The Labute approximate surface area is 162 Å². The van der Waals surface area contributed by atoms with Gasteiger partial charge < -0.3 is 10.1 Å². The van der Waals surface area contributed by atoms with E-state index in [4.69, 9.17) is 4.74 Å². The van der Waals surface area contributed by atoms with Crippen LogP contribution >= 0.6 is 0 Å². The Kier molecular flexibility index (Phi) is 5.66. The van der Waals surface area contributed by atoms with Crippen LogP contribution in [0.3, 0.4) is 0 Å². The summed E-state index contributed by atoms with van der Waals surface area (Å²) in [5.41, 5.74) is 1.98. The SMILES string of the molecule is CC1(C)CC(CC(=O)c2ccc(COc3ccncc3)cc2)CC(C)(C)N1. The number of rotatable bonds is 6. The average Bonchev–Trinajstić information content (AvgIpc) is 2.58. The van der Waals surface area contributed by atoms with Gasteiger partial charge in [0.25, 0.3) is 0 Å². The number of aromatic nitrogens is 1. The minimum Gasteiger partial charge on any atom is -0.489 e. The van der Waals surface area contributed by atoms with Crippen LogP contribution in [0.15, 0.2) is 48.8 Å². The predicted molar refractivity (Wildman–Crippen MR) is 108 cm³/mol. The van der Waals surface area contributed by atoms with E-state index in [9.17, 15) is 4.79 Å². The molecule has 1 N–H and O–H groups in total. The fraction of sp³-hybridized carbons (Fsp3) is 0.478. The zero-order chi connectivity index (χ0) is 19.5. The molecule has 1 saturated heterocycles. The largest absolute Gasteiger partial charge is 0.489 e. The lowest BCUT2D eigenvalue weighted by atomic mass is 9.74. The first kappa shape index (κ1) is 19.6. The molecule has 2 heterocycles. The zero-order valence-corrected chi connectivity index (χ0v) is 16.8. The van der Waals surface area contributed by atoms with Crippen LogP contribution in [0.2, 0.25) is 0 Å². The van der Waals surface area contributed by atoms with Crippen molar-refractivity contribution in [1.29, 1.82) is 0 Å². The molecule has 2 aromatic rings. The van der Waals surface area contributed by atoms with Crippen LogP contribution in [0.5, 0.6) is 5.75 Å². The molecule has 0 atom stereocenters. The zero-order valence-electron chi connectivity index (χ0n) is 16.8. The van der Waals surface area contributed by atoms with Crippen molar-refractivity contribution in [2.45, 2.75) is 64.6 Å². The minimum absolute atomic E-state index is 0.0703. The number of carbonyl (C=O) groups excluding carboxylic acids is 1. The van der Waals surface area contributed by atoms with Crippen molar-refractivity contribution in [1.82, 2.24) is 10.3 Å². The maximum absolute atomic E-state index is 12.8. The first-order valence-corrected chi connectivity index (χ1v) is 9.67. The maximum atomic E-state index is 12.8. The van der Waals surface area contributed by atoms with Gasteiger partial charge in [-0.2, -0.15) is 0 Å². The van der Waals surface area contributed by atoms with Crippen molar-refractivity contribution >= 4 is 5.78 Å². The maximum Gasteiger partial charge on any atom is 0.163 e. The topological polar surface area (TPSA) is 51.2 Å². The van der Waals surface area contributed by atoms with Crippen LogP contribution in [-0.4, -0.2) is 21.8 Å². The molecule has 4 nitrogen and oxygen atoms in total. The molecule has 0 radical (unpaired) electrons. The summed E-state index contributed by atoms with van der Waals surface area (Å²) >= 11 is 0. The Morgan fingerprint density at radius 2 is 1.63 bits per heavy atom. The minimum atomic E-state index is 0.0703. The summed E-state index contributed by atoms with van der Waals surface area (Å²) in [7, 11) is 0. The summed E-state index contributed by atoms with van der Waals surface area (Å²) in [6.45, 7) is 9.38. The lowest BCUT2D eigenvalue weighted by molar-refractivity contribution is 0.0864. The molecular formula is C23H30N2O2. The molecule has 1 aromatic carbocycles. The highest BCUT2D eigenvalue weighted by molar-refractivity contribution is 5.96. The molecule has 0 spiro atoms. The average molecular weight is 367 g/mol. The van der Waals surface area contributed by atoms with E-state index in [1.54, 1.807) is 12.4 Å². The van der Waals surface area contributed by atoms with Gasteiger partial charge in [0, 0.05) is 35.5 Å². The molecule has 1 fully saturated rings. The molecular weight excluding hydrogens is 336 g/mol. The third kappa shape index (κ3) is 5.64. The van der Waals surface area contributed by atoms with Crippen molar-refractivity contribution in [3.8, 4) is 5.75 Å². The van der Waals surface area contributed by atoms with Gasteiger partial charge in [0.15, 0.2) is 5.78 Å². The summed E-state index contributed by atoms with van der Waals surface area (Å²) in [6.07, 6.45) is 6.09. The van der Waals surface area contributed by atoms with E-state index >= 15 is 0 Å². The van der Waals surface area contributed by atoms with E-state index < -0.39 is 0 Å². The quantitative estimate of drug-likeness (QED) is 0.747. The van der Waals surface area contributed by atoms with Gasteiger partial charge in [0.1, 0.15) is 12.4 Å². The standard InChI is InChI=1S/C23H30N2O2/c1-22(2)14-18(15-23(3,4)25-22)13-21(26)19-7-5-17(6-8-19)16-27-20-9-11-24-12-10-20/h5-12,18,25H,13-16H2,1-4H3. The van der Waals surface area contributed by atoms with Crippen molar-refractivity contribution in [3.05, 3.63) is 59.9 Å². The molecule has 27 heavy (non-hydrogen) atoms. The normalized spacial score (nSPS) is 18.8. The van der Waals surface area contributed by atoms with Crippen LogP contribution in [0.4, 0.5) is 0 Å². The first-order valence-electron chi connectivity index (χ1n) is 9.67. The molecule has 1 aromatic heterocycles. The number of nitrogens with one attached hydrogen (secondary N) is 1.